The summed E-state index contributed by atoms with van der Waals surface area (Å²) in [4.78, 5) is 28.6. The lowest BCUT2D eigenvalue weighted by molar-refractivity contribution is -0.123. The topological polar surface area (TPSA) is 59.1 Å². The standard InChI is InChI=1S/C19H26N2O4/c1-13-8-9-16(24-2)17-15(13)7-5-11-21(17)18(22)14-6-4-10-20(12-14)19(23)25-3/h8-9,14H,4-7,10-12H2,1-3H3. The average molecular weight is 346 g/mol. The molecule has 1 atom stereocenters. The van der Waals surface area contributed by atoms with Gasteiger partial charge < -0.3 is 19.3 Å². The van der Waals surface area contributed by atoms with Crippen LogP contribution in [0.15, 0.2) is 12.1 Å². The van der Waals surface area contributed by atoms with Gasteiger partial charge in [-0.2, -0.15) is 0 Å². The number of ether oxygens (including phenoxy) is 2. The molecule has 2 heterocycles. The molecule has 1 unspecified atom stereocenters. The number of hydrogen-bond donors (Lipinski definition) is 0. The molecule has 0 aromatic heterocycles. The molecule has 0 saturated carbocycles. The van der Waals surface area contributed by atoms with E-state index >= 15 is 0 Å². The van der Waals surface area contributed by atoms with Crippen LogP contribution in [0.2, 0.25) is 0 Å². The number of anilines is 1. The van der Waals surface area contributed by atoms with Crippen molar-refractivity contribution in [1.29, 1.82) is 0 Å². The fourth-order valence-corrected chi connectivity index (χ4v) is 3.93. The Bertz CT molecular complexity index is 674. The second kappa shape index (κ2) is 7.33. The maximum Gasteiger partial charge on any atom is 0.409 e. The van der Waals surface area contributed by atoms with Crippen LogP contribution in [0.5, 0.6) is 5.75 Å². The fraction of sp³-hybridized carbons (Fsp3) is 0.579. The predicted octanol–water partition coefficient (Wildman–Crippen LogP) is 2.76. The summed E-state index contributed by atoms with van der Waals surface area (Å²) in [5, 5.41) is 0. The van der Waals surface area contributed by atoms with Crippen molar-refractivity contribution in [2.24, 2.45) is 5.92 Å². The van der Waals surface area contributed by atoms with E-state index in [4.69, 9.17) is 9.47 Å². The summed E-state index contributed by atoms with van der Waals surface area (Å²) in [6, 6.07) is 3.98. The van der Waals surface area contributed by atoms with Crippen LogP contribution < -0.4 is 9.64 Å². The Labute approximate surface area is 148 Å². The number of benzene rings is 1. The van der Waals surface area contributed by atoms with Crippen molar-refractivity contribution in [2.45, 2.75) is 32.6 Å². The van der Waals surface area contributed by atoms with Gasteiger partial charge in [0, 0.05) is 19.6 Å². The Morgan fingerprint density at radius 2 is 1.96 bits per heavy atom. The van der Waals surface area contributed by atoms with Crippen LogP contribution in [0.4, 0.5) is 10.5 Å². The van der Waals surface area contributed by atoms with E-state index in [9.17, 15) is 9.59 Å². The van der Waals surface area contributed by atoms with Crippen LogP contribution in [0, 0.1) is 12.8 Å². The zero-order valence-corrected chi connectivity index (χ0v) is 15.2. The molecule has 0 N–H and O–H groups in total. The molecular formula is C19H26N2O4. The minimum Gasteiger partial charge on any atom is -0.495 e. The van der Waals surface area contributed by atoms with E-state index in [1.54, 1.807) is 12.0 Å². The van der Waals surface area contributed by atoms with Gasteiger partial charge >= 0.3 is 6.09 Å². The molecule has 6 heteroatoms. The molecule has 0 aliphatic carbocycles. The van der Waals surface area contributed by atoms with E-state index in [0.29, 0.717) is 19.6 Å². The lowest BCUT2D eigenvalue weighted by Crippen LogP contribution is -2.48. The first kappa shape index (κ1) is 17.6. The van der Waals surface area contributed by atoms with Crippen LogP contribution in [0.25, 0.3) is 0 Å². The van der Waals surface area contributed by atoms with E-state index in [2.05, 4.69) is 6.92 Å². The van der Waals surface area contributed by atoms with Crippen molar-refractivity contribution in [3.8, 4) is 5.75 Å². The smallest absolute Gasteiger partial charge is 0.409 e. The fourth-order valence-electron chi connectivity index (χ4n) is 3.93. The number of aryl methyl sites for hydroxylation is 1. The van der Waals surface area contributed by atoms with Crippen LogP contribution in [0.1, 0.15) is 30.4 Å². The number of piperidine rings is 1. The van der Waals surface area contributed by atoms with Crippen molar-refractivity contribution in [3.63, 3.8) is 0 Å². The van der Waals surface area contributed by atoms with Gasteiger partial charge in [0.2, 0.25) is 5.91 Å². The van der Waals surface area contributed by atoms with Crippen LogP contribution in [-0.4, -0.2) is 50.8 Å². The summed E-state index contributed by atoms with van der Waals surface area (Å²) in [6.07, 6.45) is 3.16. The first-order valence-corrected chi connectivity index (χ1v) is 8.87. The van der Waals surface area contributed by atoms with Gasteiger partial charge in [-0.05, 0) is 49.8 Å². The van der Waals surface area contributed by atoms with Gasteiger partial charge in [-0.1, -0.05) is 6.07 Å². The number of hydrogen-bond acceptors (Lipinski definition) is 4. The van der Waals surface area contributed by atoms with Crippen molar-refractivity contribution in [1.82, 2.24) is 4.90 Å². The van der Waals surface area contributed by atoms with Gasteiger partial charge in [-0.3, -0.25) is 4.79 Å². The molecule has 2 aliphatic heterocycles. The van der Waals surface area contributed by atoms with E-state index < -0.39 is 0 Å². The minimum absolute atomic E-state index is 0.0819. The highest BCUT2D eigenvalue weighted by atomic mass is 16.5. The molecule has 136 valence electrons. The lowest BCUT2D eigenvalue weighted by Gasteiger charge is -2.37. The zero-order valence-electron chi connectivity index (χ0n) is 15.2. The molecule has 25 heavy (non-hydrogen) atoms. The third-order valence-electron chi connectivity index (χ3n) is 5.25. The number of likely N-dealkylation sites (tertiary alicyclic amines) is 1. The van der Waals surface area contributed by atoms with Gasteiger partial charge in [0.15, 0.2) is 0 Å². The third kappa shape index (κ3) is 3.30. The molecule has 0 radical (unpaired) electrons. The number of amides is 2. The van der Waals surface area contributed by atoms with E-state index in [-0.39, 0.29) is 17.9 Å². The molecule has 3 rings (SSSR count). The first-order valence-electron chi connectivity index (χ1n) is 8.87. The minimum atomic E-state index is -0.357. The second-order valence-corrected chi connectivity index (χ2v) is 6.76. The Hall–Kier alpha value is -2.24. The van der Waals surface area contributed by atoms with Crippen molar-refractivity contribution in [2.75, 3.05) is 38.8 Å². The van der Waals surface area contributed by atoms with Gasteiger partial charge in [0.1, 0.15) is 5.75 Å². The number of rotatable bonds is 2. The molecule has 1 fully saturated rings. The normalized spacial score (nSPS) is 20.0. The number of fused-ring (bicyclic) bond motifs is 1. The number of carbonyl (C=O) groups is 2. The lowest BCUT2D eigenvalue weighted by atomic mass is 9.92. The largest absolute Gasteiger partial charge is 0.495 e. The Morgan fingerprint density at radius 3 is 2.68 bits per heavy atom. The summed E-state index contributed by atoms with van der Waals surface area (Å²) in [7, 11) is 3.02. The van der Waals surface area contributed by atoms with Gasteiger partial charge in [-0.25, -0.2) is 4.79 Å². The molecule has 6 nitrogen and oxygen atoms in total. The molecule has 1 saturated heterocycles. The summed E-state index contributed by atoms with van der Waals surface area (Å²) in [5.41, 5.74) is 3.29. The Balaban J connectivity index is 1.87. The summed E-state index contributed by atoms with van der Waals surface area (Å²) in [6.45, 7) is 3.84. The molecule has 1 aromatic carbocycles. The predicted molar refractivity (Wildman–Crippen MR) is 95.1 cm³/mol. The zero-order chi connectivity index (χ0) is 18.0. The van der Waals surface area contributed by atoms with E-state index in [1.165, 1.54) is 18.2 Å². The highest BCUT2D eigenvalue weighted by Gasteiger charge is 2.35. The summed E-state index contributed by atoms with van der Waals surface area (Å²) < 4.78 is 10.3. The first-order chi connectivity index (χ1) is 12.1. The molecule has 2 aliphatic rings. The van der Waals surface area contributed by atoms with E-state index in [1.807, 2.05) is 17.0 Å². The van der Waals surface area contributed by atoms with Gasteiger partial charge in [0.05, 0.1) is 25.8 Å². The van der Waals surface area contributed by atoms with Gasteiger partial charge in [-0.15, -0.1) is 0 Å². The van der Waals surface area contributed by atoms with Crippen LogP contribution >= 0.6 is 0 Å². The van der Waals surface area contributed by atoms with Gasteiger partial charge in [0.25, 0.3) is 0 Å². The van der Waals surface area contributed by atoms with Crippen molar-refractivity contribution < 1.29 is 19.1 Å². The molecule has 1 aromatic rings. The maximum absolute atomic E-state index is 13.2. The molecule has 0 spiro atoms. The van der Waals surface area contributed by atoms with Crippen LogP contribution in [-0.2, 0) is 16.0 Å². The Kier molecular flexibility index (Phi) is 5.16. The quantitative estimate of drug-likeness (QED) is 0.826. The van der Waals surface area contributed by atoms with Crippen molar-refractivity contribution >= 4 is 17.7 Å². The third-order valence-corrected chi connectivity index (χ3v) is 5.25. The van der Waals surface area contributed by atoms with Crippen LogP contribution in [0.3, 0.4) is 0 Å². The summed E-state index contributed by atoms with van der Waals surface area (Å²) >= 11 is 0. The second-order valence-electron chi connectivity index (χ2n) is 6.76. The molecule has 2 amide bonds. The monoisotopic (exact) mass is 346 g/mol. The highest BCUT2D eigenvalue weighted by molar-refractivity contribution is 5.98. The number of carbonyl (C=O) groups excluding carboxylic acids is 2. The average Bonchev–Trinajstić information content (AvgIpc) is 2.67. The summed E-state index contributed by atoms with van der Waals surface area (Å²) in [5.74, 6) is 0.636. The molecule has 0 bridgehead atoms. The maximum atomic E-state index is 13.2. The SMILES string of the molecule is COC(=O)N1CCCC(C(=O)N2CCCc3c(C)ccc(OC)c32)C1. The Morgan fingerprint density at radius 1 is 1.16 bits per heavy atom. The molecular weight excluding hydrogens is 320 g/mol. The highest BCUT2D eigenvalue weighted by Crippen LogP contribution is 2.39. The van der Waals surface area contributed by atoms with Crippen molar-refractivity contribution in [3.05, 3.63) is 23.3 Å². The number of nitrogens with zero attached hydrogens (tertiary/aromatic N) is 2. The number of methoxy groups -OCH3 is 2. The van der Waals surface area contributed by atoms with E-state index in [0.717, 1.165) is 37.1 Å².